The Balaban J connectivity index is 1.50. The Hall–Kier alpha value is -2.25. The molecular weight excluding hydrogens is 358 g/mol. The fourth-order valence-electron chi connectivity index (χ4n) is 3.51. The van der Waals surface area contributed by atoms with Gasteiger partial charge in [0.2, 0.25) is 10.0 Å². The number of H-pyrrole nitrogens is 1. The van der Waals surface area contributed by atoms with E-state index in [2.05, 4.69) is 4.98 Å². The molecule has 0 spiro atoms. The lowest BCUT2D eigenvalue weighted by Gasteiger charge is -2.30. The van der Waals surface area contributed by atoms with Gasteiger partial charge >= 0.3 is 0 Å². The largest absolute Gasteiger partial charge is 0.358 e. The molecule has 7 heteroatoms. The number of rotatable bonds is 3. The van der Waals surface area contributed by atoms with Crippen LogP contribution in [0.15, 0.2) is 53.4 Å². The topological polar surface area (TPSA) is 53.2 Å². The molecule has 2 aromatic carbocycles. The summed E-state index contributed by atoms with van der Waals surface area (Å²) in [5, 5.41) is 0.821. The number of benzene rings is 2. The average Bonchev–Trinajstić information content (AvgIpc) is 3.05. The molecule has 2 heterocycles. The van der Waals surface area contributed by atoms with Crippen molar-refractivity contribution in [2.45, 2.75) is 23.7 Å². The molecule has 4 nitrogen and oxygen atoms in total. The number of halogens is 2. The van der Waals surface area contributed by atoms with Gasteiger partial charge in [-0.15, -0.1) is 0 Å². The van der Waals surface area contributed by atoms with Gasteiger partial charge in [-0.2, -0.15) is 4.31 Å². The lowest BCUT2D eigenvalue weighted by Crippen LogP contribution is -2.37. The molecule has 1 fully saturated rings. The number of aromatic amines is 1. The molecule has 0 saturated carbocycles. The standard InChI is InChI=1S/C19H18F2N2O2S/c20-15-1-4-17(5-2-15)26(24,25)23-9-7-13(8-10-23)19-12-14-11-16(21)3-6-18(14)22-19/h1-6,11-13,22H,7-10H2. The van der Waals surface area contributed by atoms with Gasteiger partial charge in [-0.05, 0) is 61.4 Å². The highest BCUT2D eigenvalue weighted by Gasteiger charge is 2.30. The van der Waals surface area contributed by atoms with Gasteiger partial charge in [-0.3, -0.25) is 0 Å². The van der Waals surface area contributed by atoms with E-state index in [1.54, 1.807) is 6.07 Å². The van der Waals surface area contributed by atoms with Gasteiger partial charge in [0, 0.05) is 35.6 Å². The van der Waals surface area contributed by atoms with Crippen molar-refractivity contribution in [2.75, 3.05) is 13.1 Å². The van der Waals surface area contributed by atoms with Gasteiger partial charge < -0.3 is 4.98 Å². The predicted molar refractivity (Wildman–Crippen MR) is 95.4 cm³/mol. The van der Waals surface area contributed by atoms with Crippen LogP contribution >= 0.6 is 0 Å². The fraction of sp³-hybridized carbons (Fsp3) is 0.263. The third-order valence-electron chi connectivity index (χ3n) is 4.95. The number of nitrogens with zero attached hydrogens (tertiary/aromatic N) is 1. The normalized spacial score (nSPS) is 17.0. The lowest BCUT2D eigenvalue weighted by molar-refractivity contribution is 0.317. The molecular formula is C19H18F2N2O2S. The summed E-state index contributed by atoms with van der Waals surface area (Å²) < 4.78 is 53.2. The van der Waals surface area contributed by atoms with Gasteiger partial charge in [0.05, 0.1) is 4.90 Å². The Kier molecular flexibility index (Phi) is 4.28. The van der Waals surface area contributed by atoms with E-state index in [0.717, 1.165) is 28.7 Å². The van der Waals surface area contributed by atoms with E-state index in [-0.39, 0.29) is 16.6 Å². The third-order valence-corrected chi connectivity index (χ3v) is 6.86. The van der Waals surface area contributed by atoms with E-state index in [4.69, 9.17) is 0 Å². The summed E-state index contributed by atoms with van der Waals surface area (Å²) in [7, 11) is -3.61. The molecule has 0 atom stereocenters. The van der Waals surface area contributed by atoms with Crippen LogP contribution in [0.25, 0.3) is 10.9 Å². The van der Waals surface area contributed by atoms with Crippen molar-refractivity contribution in [3.63, 3.8) is 0 Å². The van der Waals surface area contributed by atoms with E-state index in [9.17, 15) is 17.2 Å². The summed E-state index contributed by atoms with van der Waals surface area (Å²) in [6.45, 7) is 0.794. The summed E-state index contributed by atoms with van der Waals surface area (Å²) in [6.07, 6.45) is 1.35. The van der Waals surface area contributed by atoms with E-state index in [1.807, 2.05) is 6.07 Å². The van der Waals surface area contributed by atoms with Crippen LogP contribution < -0.4 is 0 Å². The highest BCUT2D eigenvalue weighted by atomic mass is 32.2. The molecule has 0 radical (unpaired) electrons. The van der Waals surface area contributed by atoms with E-state index in [0.29, 0.717) is 25.9 Å². The molecule has 4 rings (SSSR count). The summed E-state index contributed by atoms with van der Waals surface area (Å²) in [5.74, 6) is -0.536. The number of nitrogens with one attached hydrogen (secondary N) is 1. The van der Waals surface area contributed by atoms with E-state index in [1.165, 1.54) is 28.6 Å². The number of hydrogen-bond donors (Lipinski definition) is 1. The van der Waals surface area contributed by atoms with Crippen LogP contribution in [0.5, 0.6) is 0 Å². The predicted octanol–water partition coefficient (Wildman–Crippen LogP) is 4.01. The molecule has 0 aliphatic carbocycles. The summed E-state index contributed by atoms with van der Waals surface area (Å²) in [4.78, 5) is 3.42. The number of aromatic nitrogens is 1. The fourth-order valence-corrected chi connectivity index (χ4v) is 4.98. The highest BCUT2D eigenvalue weighted by Crippen LogP contribution is 2.32. The van der Waals surface area contributed by atoms with Gasteiger partial charge in [0.25, 0.3) is 0 Å². The van der Waals surface area contributed by atoms with Crippen molar-refractivity contribution < 1.29 is 17.2 Å². The van der Waals surface area contributed by atoms with Crippen molar-refractivity contribution in [3.8, 4) is 0 Å². The molecule has 1 aromatic heterocycles. The monoisotopic (exact) mass is 376 g/mol. The van der Waals surface area contributed by atoms with Gasteiger partial charge in [-0.1, -0.05) is 0 Å². The van der Waals surface area contributed by atoms with Crippen LogP contribution in [-0.4, -0.2) is 30.8 Å². The molecule has 3 aromatic rings. The van der Waals surface area contributed by atoms with Crippen LogP contribution in [0.2, 0.25) is 0 Å². The highest BCUT2D eigenvalue weighted by molar-refractivity contribution is 7.89. The van der Waals surface area contributed by atoms with E-state index < -0.39 is 15.8 Å². The Morgan fingerprint density at radius 1 is 0.923 bits per heavy atom. The van der Waals surface area contributed by atoms with Crippen LogP contribution in [0.1, 0.15) is 24.5 Å². The zero-order chi connectivity index (χ0) is 18.3. The average molecular weight is 376 g/mol. The van der Waals surface area contributed by atoms with Gasteiger partial charge in [0.15, 0.2) is 0 Å². The van der Waals surface area contributed by atoms with Crippen molar-refractivity contribution >= 4 is 20.9 Å². The number of fused-ring (bicyclic) bond motifs is 1. The molecule has 1 aliphatic heterocycles. The number of hydrogen-bond acceptors (Lipinski definition) is 2. The van der Waals surface area contributed by atoms with Crippen LogP contribution in [0, 0.1) is 11.6 Å². The first-order chi connectivity index (χ1) is 12.4. The molecule has 1 aliphatic rings. The van der Waals surface area contributed by atoms with Crippen molar-refractivity contribution in [1.29, 1.82) is 0 Å². The number of sulfonamides is 1. The maximum absolute atomic E-state index is 13.3. The summed E-state index contributed by atoms with van der Waals surface area (Å²) in [5.41, 5.74) is 1.88. The molecule has 0 bridgehead atoms. The second-order valence-electron chi connectivity index (χ2n) is 6.59. The van der Waals surface area contributed by atoms with Crippen molar-refractivity contribution in [2.24, 2.45) is 0 Å². The van der Waals surface area contributed by atoms with Crippen LogP contribution in [0.4, 0.5) is 8.78 Å². The smallest absolute Gasteiger partial charge is 0.243 e. The third kappa shape index (κ3) is 3.12. The molecule has 136 valence electrons. The first-order valence-corrected chi connectivity index (χ1v) is 9.91. The zero-order valence-corrected chi connectivity index (χ0v) is 14.8. The second-order valence-corrected chi connectivity index (χ2v) is 8.53. The van der Waals surface area contributed by atoms with Gasteiger partial charge in [-0.25, -0.2) is 17.2 Å². The van der Waals surface area contributed by atoms with Crippen LogP contribution in [0.3, 0.4) is 0 Å². The molecule has 26 heavy (non-hydrogen) atoms. The minimum absolute atomic E-state index is 0.110. The van der Waals surface area contributed by atoms with Crippen molar-refractivity contribution in [3.05, 3.63) is 65.9 Å². The second kappa shape index (κ2) is 6.48. The van der Waals surface area contributed by atoms with Gasteiger partial charge in [0.1, 0.15) is 11.6 Å². The maximum atomic E-state index is 13.3. The molecule has 0 unspecified atom stereocenters. The molecule has 1 saturated heterocycles. The summed E-state index contributed by atoms with van der Waals surface area (Å²) >= 11 is 0. The Morgan fingerprint density at radius 2 is 1.58 bits per heavy atom. The first kappa shape index (κ1) is 17.2. The molecule has 0 amide bonds. The zero-order valence-electron chi connectivity index (χ0n) is 14.0. The Bertz CT molecular complexity index is 1040. The SMILES string of the molecule is O=S(=O)(c1ccc(F)cc1)N1CCC(c2cc3cc(F)ccc3[nH]2)CC1. The lowest BCUT2D eigenvalue weighted by atomic mass is 9.95. The quantitative estimate of drug-likeness (QED) is 0.751. The minimum atomic E-state index is -3.61. The first-order valence-electron chi connectivity index (χ1n) is 8.47. The summed E-state index contributed by atoms with van der Waals surface area (Å²) in [6, 6.07) is 11.5. The maximum Gasteiger partial charge on any atom is 0.243 e. The van der Waals surface area contributed by atoms with E-state index >= 15 is 0 Å². The molecule has 1 N–H and O–H groups in total. The van der Waals surface area contributed by atoms with Crippen LogP contribution in [-0.2, 0) is 10.0 Å². The number of piperidine rings is 1. The Labute approximate surface area is 150 Å². The Morgan fingerprint density at radius 3 is 2.27 bits per heavy atom. The minimum Gasteiger partial charge on any atom is -0.358 e. The van der Waals surface area contributed by atoms with Crippen molar-refractivity contribution in [1.82, 2.24) is 9.29 Å².